The molecular formula is C28H36N6O9. The van der Waals surface area contributed by atoms with E-state index in [-0.39, 0.29) is 5.57 Å². The van der Waals surface area contributed by atoms with Crippen LogP contribution < -0.4 is 5.32 Å². The van der Waals surface area contributed by atoms with Gasteiger partial charge in [-0.2, -0.15) is 10.5 Å². The van der Waals surface area contributed by atoms with E-state index in [1.165, 1.54) is 32.4 Å². The summed E-state index contributed by atoms with van der Waals surface area (Å²) in [7, 11) is 2.06. The van der Waals surface area contributed by atoms with Crippen molar-refractivity contribution in [3.05, 3.63) is 59.4 Å². The maximum Gasteiger partial charge on any atom is 0.328 e. The van der Waals surface area contributed by atoms with Gasteiger partial charge < -0.3 is 35.1 Å². The van der Waals surface area contributed by atoms with E-state index in [0.717, 1.165) is 50.8 Å². The summed E-state index contributed by atoms with van der Waals surface area (Å²) in [6, 6.07) is 8.10. The number of piperidine rings is 1. The molecule has 1 aromatic rings. The van der Waals surface area contributed by atoms with E-state index in [2.05, 4.69) is 39.2 Å². The quantitative estimate of drug-likeness (QED) is 0.178. The summed E-state index contributed by atoms with van der Waals surface area (Å²) in [5.74, 6) is -2.34. The van der Waals surface area contributed by atoms with Crippen LogP contribution in [0.15, 0.2) is 52.2 Å². The van der Waals surface area contributed by atoms with Gasteiger partial charge in [-0.05, 0) is 45.1 Å². The van der Waals surface area contributed by atoms with Crippen molar-refractivity contribution in [3.8, 4) is 12.1 Å². The third-order valence-electron chi connectivity index (χ3n) is 5.91. The number of hydrogen-bond donors (Lipinski definition) is 5. The highest BCUT2D eigenvalue weighted by Crippen LogP contribution is 2.17. The number of likely N-dealkylation sites (tertiary alicyclic amines) is 1. The normalized spacial score (nSPS) is 14.6. The summed E-state index contributed by atoms with van der Waals surface area (Å²) < 4.78 is 6.02. The van der Waals surface area contributed by atoms with E-state index >= 15 is 0 Å². The fourth-order valence-corrected chi connectivity index (χ4v) is 3.99. The Morgan fingerprint density at radius 3 is 1.88 bits per heavy atom. The van der Waals surface area contributed by atoms with E-state index in [1.54, 1.807) is 0 Å². The van der Waals surface area contributed by atoms with Crippen LogP contribution in [0.25, 0.3) is 0 Å². The van der Waals surface area contributed by atoms with Crippen molar-refractivity contribution in [2.24, 2.45) is 0 Å². The second-order valence-electron chi connectivity index (χ2n) is 9.32. The van der Waals surface area contributed by atoms with E-state index in [9.17, 15) is 19.2 Å². The monoisotopic (exact) mass is 600 g/mol. The lowest BCUT2D eigenvalue weighted by Crippen LogP contribution is -2.31. The van der Waals surface area contributed by atoms with Crippen LogP contribution in [0.2, 0.25) is 0 Å². The van der Waals surface area contributed by atoms with Gasteiger partial charge in [0.25, 0.3) is 0 Å². The highest BCUT2D eigenvalue weighted by molar-refractivity contribution is 5.90. The zero-order chi connectivity index (χ0) is 32.2. The molecule has 0 radical (unpaired) electrons. The lowest BCUT2D eigenvalue weighted by Gasteiger charge is -2.25. The highest BCUT2D eigenvalue weighted by atomic mass is 16.4. The van der Waals surface area contributed by atoms with E-state index in [0.29, 0.717) is 30.1 Å². The molecule has 2 aliphatic heterocycles. The van der Waals surface area contributed by atoms with Crippen LogP contribution >= 0.6 is 0 Å². The Bertz CT molecular complexity index is 1180. The topological polar surface area (TPSA) is 232 Å². The molecule has 0 saturated carbocycles. The minimum Gasteiger partial charge on any atom is -0.478 e. The lowest BCUT2D eigenvalue weighted by atomic mass is 10.1. The molecule has 0 atom stereocenters. The molecule has 0 bridgehead atoms. The van der Waals surface area contributed by atoms with Gasteiger partial charge in [0.2, 0.25) is 0 Å². The largest absolute Gasteiger partial charge is 0.478 e. The summed E-state index contributed by atoms with van der Waals surface area (Å²) in [5, 5.41) is 52.5. The second kappa shape index (κ2) is 19.9. The molecule has 3 rings (SSSR count). The van der Waals surface area contributed by atoms with E-state index in [1.807, 2.05) is 12.1 Å². The maximum absolute atomic E-state index is 9.55. The zero-order valence-electron chi connectivity index (χ0n) is 23.8. The number of aliphatic carboxylic acids is 4. The number of likely N-dealkylation sites (N-methyl/N-ethyl adjacent to an activating group) is 1. The predicted octanol–water partition coefficient (Wildman–Crippen LogP) is 1.28. The first-order chi connectivity index (χ1) is 20.4. The number of nitriles is 2. The van der Waals surface area contributed by atoms with Crippen LogP contribution in [0.4, 0.5) is 0 Å². The van der Waals surface area contributed by atoms with Gasteiger partial charge in [-0.25, -0.2) is 19.2 Å². The molecule has 0 unspecified atom stereocenters. The van der Waals surface area contributed by atoms with Gasteiger partial charge in [-0.15, -0.1) is 0 Å². The number of rotatable bonds is 11. The predicted molar refractivity (Wildman–Crippen MR) is 151 cm³/mol. The standard InChI is InChI=1S/C20H28N6O.2C4H4O4/c1-24(11-12-26-10-7-23-20(26)17(13-21)14-22)15-18-5-6-19(27-18)16-25-8-3-2-4-9-25;2*5-3(6)1-2-4(7)8/h5-6,23H,2-4,7-12,15-16H2,1H3;2*1-2H,(H,5,6)(H,7,8)/b;2*2-1+. The molecule has 0 spiro atoms. The fourth-order valence-electron chi connectivity index (χ4n) is 3.99. The Morgan fingerprint density at radius 2 is 1.40 bits per heavy atom. The van der Waals surface area contributed by atoms with Crippen LogP contribution in [0.5, 0.6) is 0 Å². The smallest absolute Gasteiger partial charge is 0.328 e. The summed E-state index contributed by atoms with van der Waals surface area (Å²) in [5.41, 5.74) is 0.156. The molecule has 15 heteroatoms. The molecule has 232 valence electrons. The van der Waals surface area contributed by atoms with Crippen molar-refractivity contribution in [1.29, 1.82) is 10.5 Å². The van der Waals surface area contributed by atoms with E-state index < -0.39 is 23.9 Å². The van der Waals surface area contributed by atoms with Crippen molar-refractivity contribution in [3.63, 3.8) is 0 Å². The number of nitrogens with one attached hydrogen (secondary N) is 1. The molecule has 0 aromatic carbocycles. The van der Waals surface area contributed by atoms with Gasteiger partial charge in [-0.3, -0.25) is 9.80 Å². The lowest BCUT2D eigenvalue weighted by molar-refractivity contribution is -0.134. The minimum atomic E-state index is -1.26. The molecule has 43 heavy (non-hydrogen) atoms. The number of carbonyl (C=O) groups is 4. The Hall–Kier alpha value is -5.12. The first kappa shape index (κ1) is 35.9. The number of carboxylic acid groups (broad SMARTS) is 4. The molecular weight excluding hydrogens is 564 g/mol. The van der Waals surface area contributed by atoms with Crippen LogP contribution in [-0.4, -0.2) is 105 Å². The van der Waals surface area contributed by atoms with Crippen LogP contribution in [0.1, 0.15) is 30.8 Å². The third kappa shape index (κ3) is 16.0. The number of nitrogens with zero attached hydrogens (tertiary/aromatic N) is 5. The average molecular weight is 601 g/mol. The Labute approximate surface area is 248 Å². The van der Waals surface area contributed by atoms with Gasteiger partial charge in [0.05, 0.1) is 13.1 Å². The highest BCUT2D eigenvalue weighted by Gasteiger charge is 2.21. The Balaban J connectivity index is 0.000000476. The average Bonchev–Trinajstić information content (AvgIpc) is 3.61. The molecule has 1 aromatic heterocycles. The van der Waals surface area contributed by atoms with Crippen molar-refractivity contribution in [1.82, 2.24) is 20.0 Å². The van der Waals surface area contributed by atoms with Gasteiger partial charge in [0.15, 0.2) is 5.57 Å². The van der Waals surface area contributed by atoms with Crippen LogP contribution in [0, 0.1) is 22.7 Å². The number of hydrogen-bond acceptors (Lipinski definition) is 11. The number of allylic oxidation sites excluding steroid dienone is 1. The number of furan rings is 1. The van der Waals surface area contributed by atoms with Crippen molar-refractivity contribution >= 4 is 23.9 Å². The van der Waals surface area contributed by atoms with Gasteiger partial charge >= 0.3 is 23.9 Å². The van der Waals surface area contributed by atoms with Gasteiger partial charge in [-0.1, -0.05) is 6.42 Å². The zero-order valence-corrected chi connectivity index (χ0v) is 23.8. The SMILES string of the molecule is CN(CCN1CCNC1=C(C#N)C#N)Cc1ccc(CN2CCCCC2)o1.O=C(O)/C=C/C(=O)O.O=C(O)/C=C/C(=O)O. The fraction of sp³-hybridized carbons (Fsp3) is 0.429. The minimum absolute atomic E-state index is 0.156. The molecule has 2 aliphatic rings. The van der Waals surface area contributed by atoms with E-state index in [4.69, 9.17) is 35.4 Å². The second-order valence-corrected chi connectivity index (χ2v) is 9.32. The van der Waals surface area contributed by atoms with Crippen LogP contribution in [-0.2, 0) is 32.3 Å². The summed E-state index contributed by atoms with van der Waals surface area (Å²) >= 11 is 0. The van der Waals surface area contributed by atoms with Crippen molar-refractivity contribution < 1.29 is 44.0 Å². The molecule has 0 aliphatic carbocycles. The van der Waals surface area contributed by atoms with Gasteiger partial charge in [0, 0.05) is 50.5 Å². The van der Waals surface area contributed by atoms with Crippen molar-refractivity contribution in [2.75, 3.05) is 46.3 Å². The van der Waals surface area contributed by atoms with Crippen molar-refractivity contribution in [2.45, 2.75) is 32.4 Å². The Morgan fingerprint density at radius 1 is 0.884 bits per heavy atom. The molecule has 0 amide bonds. The number of carboxylic acids is 4. The first-order valence-corrected chi connectivity index (χ1v) is 13.2. The van der Waals surface area contributed by atoms with Crippen LogP contribution in [0.3, 0.4) is 0 Å². The first-order valence-electron chi connectivity index (χ1n) is 13.2. The molecule has 5 N–H and O–H groups in total. The van der Waals surface area contributed by atoms with Gasteiger partial charge in [0.1, 0.15) is 29.5 Å². The Kier molecular flexibility index (Phi) is 16.6. The summed E-state index contributed by atoms with van der Waals surface area (Å²) in [6.45, 7) is 7.18. The molecule has 15 nitrogen and oxygen atoms in total. The maximum atomic E-state index is 9.55. The molecule has 2 saturated heterocycles. The molecule has 2 fully saturated rings. The molecule has 3 heterocycles. The summed E-state index contributed by atoms with van der Waals surface area (Å²) in [4.78, 5) is 45.0. The summed E-state index contributed by atoms with van der Waals surface area (Å²) in [6.07, 6.45) is 6.16. The third-order valence-corrected chi connectivity index (χ3v) is 5.91.